The van der Waals surface area contributed by atoms with E-state index in [2.05, 4.69) is 0 Å². The van der Waals surface area contributed by atoms with Crippen molar-refractivity contribution in [2.75, 3.05) is 0 Å². The third-order valence-corrected chi connectivity index (χ3v) is 4.90. The van der Waals surface area contributed by atoms with Crippen molar-refractivity contribution in [2.24, 2.45) is 0 Å². The maximum absolute atomic E-state index is 14.8. The van der Waals surface area contributed by atoms with Crippen LogP contribution in [0.4, 0.5) is 35.1 Å². The molecule has 3 aromatic carbocycles. The van der Waals surface area contributed by atoms with Crippen molar-refractivity contribution in [1.29, 1.82) is 0 Å². The molecule has 0 aromatic heterocycles. The Bertz CT molecular complexity index is 1150. The Balaban J connectivity index is 2.54. The molecule has 8 heteroatoms. The van der Waals surface area contributed by atoms with Crippen LogP contribution in [-0.2, 0) is 5.41 Å². The van der Waals surface area contributed by atoms with E-state index in [9.17, 15) is 35.1 Å². The van der Waals surface area contributed by atoms with Crippen molar-refractivity contribution in [3.05, 3.63) is 81.9 Å². The van der Waals surface area contributed by atoms with E-state index in [0.29, 0.717) is 6.07 Å². The normalized spacial score (nSPS) is 11.9. The van der Waals surface area contributed by atoms with E-state index >= 15 is 0 Å². The van der Waals surface area contributed by atoms with E-state index in [1.807, 2.05) is 0 Å². The van der Waals surface area contributed by atoms with Crippen LogP contribution < -0.4 is 0 Å². The first-order valence-corrected chi connectivity index (χ1v) is 9.08. The standard InChI is InChI=1S/C23H16F8/c1-9-8-12(24)17(26)13(16(9)25)10-6-5-7-11(15(10)23(2,3)4)14-18(27)20(29)22(31)21(30)19(14)28/h5-8H,1-4H3. The van der Waals surface area contributed by atoms with E-state index < -0.39 is 68.6 Å². The Morgan fingerprint density at radius 3 is 1.45 bits per heavy atom. The molecule has 0 radical (unpaired) electrons. The monoisotopic (exact) mass is 444 g/mol. The molecule has 0 N–H and O–H groups in total. The number of rotatable bonds is 2. The van der Waals surface area contributed by atoms with Gasteiger partial charge in [0.25, 0.3) is 0 Å². The molecule has 0 aliphatic carbocycles. The van der Waals surface area contributed by atoms with Gasteiger partial charge in [0.2, 0.25) is 5.82 Å². The van der Waals surface area contributed by atoms with E-state index in [0.717, 1.165) is 12.1 Å². The molecule has 0 fully saturated rings. The van der Waals surface area contributed by atoms with Gasteiger partial charge < -0.3 is 0 Å². The van der Waals surface area contributed by atoms with Crippen LogP contribution in [0, 0.1) is 53.5 Å². The zero-order valence-electron chi connectivity index (χ0n) is 16.8. The highest BCUT2D eigenvalue weighted by molar-refractivity contribution is 5.81. The first-order chi connectivity index (χ1) is 14.3. The minimum atomic E-state index is -2.33. The molecule has 0 spiro atoms. The van der Waals surface area contributed by atoms with Crippen molar-refractivity contribution in [3.63, 3.8) is 0 Å². The molecule has 31 heavy (non-hydrogen) atoms. The van der Waals surface area contributed by atoms with Gasteiger partial charge in [0.05, 0.1) is 11.1 Å². The highest BCUT2D eigenvalue weighted by atomic mass is 19.2. The molecule has 0 atom stereocenters. The highest BCUT2D eigenvalue weighted by Crippen LogP contribution is 2.44. The van der Waals surface area contributed by atoms with Gasteiger partial charge in [-0.05, 0) is 40.7 Å². The molecule has 3 aromatic rings. The van der Waals surface area contributed by atoms with Gasteiger partial charge in [-0.2, -0.15) is 0 Å². The molecule has 3 rings (SSSR count). The molecule has 0 saturated carbocycles. The molecule has 0 amide bonds. The number of hydrogen-bond donors (Lipinski definition) is 0. The maximum atomic E-state index is 14.8. The topological polar surface area (TPSA) is 0 Å². The smallest absolute Gasteiger partial charge is 0.200 e. The summed E-state index contributed by atoms with van der Waals surface area (Å²) in [5.74, 6) is -14.8. The van der Waals surface area contributed by atoms with Gasteiger partial charge in [0, 0.05) is 0 Å². The van der Waals surface area contributed by atoms with Crippen molar-refractivity contribution in [2.45, 2.75) is 33.1 Å². The lowest BCUT2D eigenvalue weighted by Gasteiger charge is -2.28. The lowest BCUT2D eigenvalue weighted by Crippen LogP contribution is -2.17. The maximum Gasteiger partial charge on any atom is 0.200 e. The second kappa shape index (κ2) is 7.66. The molecule has 0 bridgehead atoms. The van der Waals surface area contributed by atoms with Crippen LogP contribution in [0.1, 0.15) is 31.9 Å². The third kappa shape index (κ3) is 3.58. The number of aryl methyl sites for hydroxylation is 1. The summed E-state index contributed by atoms with van der Waals surface area (Å²) in [5.41, 5.74) is -4.22. The van der Waals surface area contributed by atoms with Gasteiger partial charge in [0.1, 0.15) is 5.82 Å². The predicted molar refractivity (Wildman–Crippen MR) is 100 cm³/mol. The molecule has 0 heterocycles. The first kappa shape index (κ1) is 22.8. The Morgan fingerprint density at radius 1 is 0.581 bits per heavy atom. The number of hydrogen-bond acceptors (Lipinski definition) is 0. The zero-order valence-corrected chi connectivity index (χ0v) is 16.8. The summed E-state index contributed by atoms with van der Waals surface area (Å²) in [6.45, 7) is 5.75. The average molecular weight is 444 g/mol. The van der Waals surface area contributed by atoms with E-state index in [1.54, 1.807) is 0 Å². The van der Waals surface area contributed by atoms with Gasteiger partial charge in [-0.1, -0.05) is 39.0 Å². The fourth-order valence-corrected chi connectivity index (χ4v) is 3.58. The summed E-state index contributed by atoms with van der Waals surface area (Å²) in [6, 6.07) is 4.05. The summed E-state index contributed by atoms with van der Waals surface area (Å²) in [5, 5.41) is 0. The Hall–Kier alpha value is -2.90. The van der Waals surface area contributed by atoms with E-state index in [-0.39, 0.29) is 16.7 Å². The largest absolute Gasteiger partial charge is 0.206 e. The second-order valence-electron chi connectivity index (χ2n) is 8.10. The summed E-state index contributed by atoms with van der Waals surface area (Å²) >= 11 is 0. The molecule has 0 aliphatic rings. The Labute approximate surface area is 173 Å². The number of halogens is 8. The number of benzene rings is 3. The van der Waals surface area contributed by atoms with Crippen LogP contribution in [0.15, 0.2) is 24.3 Å². The summed E-state index contributed by atoms with van der Waals surface area (Å²) in [7, 11) is 0. The highest BCUT2D eigenvalue weighted by Gasteiger charge is 2.33. The van der Waals surface area contributed by atoms with Crippen LogP contribution in [-0.4, -0.2) is 0 Å². The quantitative estimate of drug-likeness (QED) is 0.215. The minimum Gasteiger partial charge on any atom is -0.206 e. The van der Waals surface area contributed by atoms with Crippen molar-refractivity contribution >= 4 is 0 Å². The van der Waals surface area contributed by atoms with Crippen LogP contribution >= 0.6 is 0 Å². The van der Waals surface area contributed by atoms with Crippen LogP contribution in [0.25, 0.3) is 22.3 Å². The zero-order chi connectivity index (χ0) is 23.4. The lowest BCUT2D eigenvalue weighted by molar-refractivity contribution is 0.381. The Kier molecular flexibility index (Phi) is 5.63. The van der Waals surface area contributed by atoms with Crippen LogP contribution in [0.5, 0.6) is 0 Å². The van der Waals surface area contributed by atoms with Crippen molar-refractivity contribution in [3.8, 4) is 22.3 Å². The SMILES string of the molecule is Cc1cc(F)c(F)c(-c2cccc(-c3c(F)c(F)c(F)c(F)c3F)c2C(C)(C)C)c1F. The van der Waals surface area contributed by atoms with Crippen molar-refractivity contribution in [1.82, 2.24) is 0 Å². The molecule has 0 aliphatic heterocycles. The summed E-state index contributed by atoms with van der Waals surface area (Å²) in [6.07, 6.45) is 0. The van der Waals surface area contributed by atoms with Gasteiger partial charge in [-0.25, -0.2) is 35.1 Å². The summed E-state index contributed by atoms with van der Waals surface area (Å²) < 4.78 is 114. The summed E-state index contributed by atoms with van der Waals surface area (Å²) in [4.78, 5) is 0. The fraction of sp³-hybridized carbons (Fsp3) is 0.217. The van der Waals surface area contributed by atoms with E-state index in [4.69, 9.17) is 0 Å². The van der Waals surface area contributed by atoms with Gasteiger partial charge >= 0.3 is 0 Å². The molecule has 0 nitrogen and oxygen atoms in total. The fourth-order valence-electron chi connectivity index (χ4n) is 3.58. The van der Waals surface area contributed by atoms with Crippen molar-refractivity contribution < 1.29 is 35.1 Å². The van der Waals surface area contributed by atoms with Crippen LogP contribution in [0.3, 0.4) is 0 Å². The molecule has 0 saturated heterocycles. The molecular formula is C23H16F8. The third-order valence-electron chi connectivity index (χ3n) is 4.90. The molecule has 0 unspecified atom stereocenters. The van der Waals surface area contributed by atoms with Gasteiger partial charge in [-0.15, -0.1) is 0 Å². The average Bonchev–Trinajstić information content (AvgIpc) is 2.69. The lowest BCUT2D eigenvalue weighted by atomic mass is 9.76. The minimum absolute atomic E-state index is 0.124. The predicted octanol–water partition coefficient (Wildman–Crippen LogP) is 7.74. The molecule has 164 valence electrons. The Morgan fingerprint density at radius 2 is 1.00 bits per heavy atom. The van der Waals surface area contributed by atoms with Crippen LogP contribution in [0.2, 0.25) is 0 Å². The van der Waals surface area contributed by atoms with Gasteiger partial charge in [0.15, 0.2) is 34.9 Å². The van der Waals surface area contributed by atoms with Gasteiger partial charge in [-0.3, -0.25) is 0 Å². The second-order valence-corrected chi connectivity index (χ2v) is 8.10. The van der Waals surface area contributed by atoms with E-state index in [1.165, 1.54) is 33.8 Å². The first-order valence-electron chi connectivity index (χ1n) is 9.08. The molecular weight excluding hydrogens is 428 g/mol.